The molecule has 0 radical (unpaired) electrons. The predicted octanol–water partition coefficient (Wildman–Crippen LogP) is -0.869. The zero-order chi connectivity index (χ0) is 16.9. The second-order valence-corrected chi connectivity index (χ2v) is 5.59. The van der Waals surface area contributed by atoms with Gasteiger partial charge in [0.15, 0.2) is 0 Å². The molecule has 0 bridgehead atoms. The lowest BCUT2D eigenvalue weighted by molar-refractivity contribution is -0.161. The molecule has 122 valence electrons. The van der Waals surface area contributed by atoms with E-state index in [1.807, 2.05) is 6.07 Å². The molecule has 1 heterocycles. The number of amides is 2. The first-order valence-corrected chi connectivity index (χ1v) is 7.10. The fourth-order valence-electron chi connectivity index (χ4n) is 3.16. The summed E-state index contributed by atoms with van der Waals surface area (Å²) in [5, 5.41) is 8.97. The summed E-state index contributed by atoms with van der Waals surface area (Å²) in [5.41, 5.74) is 9.44. The van der Waals surface area contributed by atoms with E-state index in [4.69, 9.17) is 21.5 Å². The van der Waals surface area contributed by atoms with Crippen molar-refractivity contribution in [2.45, 2.75) is 31.7 Å². The summed E-state index contributed by atoms with van der Waals surface area (Å²) in [6, 6.07) is 1.99. The number of nitriles is 1. The van der Waals surface area contributed by atoms with Crippen molar-refractivity contribution < 1.29 is 19.1 Å². The van der Waals surface area contributed by atoms with E-state index in [1.54, 1.807) is 11.8 Å². The van der Waals surface area contributed by atoms with Crippen molar-refractivity contribution in [2.75, 3.05) is 20.2 Å². The Morgan fingerprint density at radius 2 is 2.00 bits per heavy atom. The molecule has 0 aromatic carbocycles. The molecule has 0 aliphatic carbocycles. The minimum Gasteiger partial charge on any atom is -0.468 e. The summed E-state index contributed by atoms with van der Waals surface area (Å²) >= 11 is 0. The molecule has 0 spiro atoms. The number of carbonyl (C=O) groups excluding carboxylic acids is 3. The van der Waals surface area contributed by atoms with E-state index in [0.29, 0.717) is 19.4 Å². The van der Waals surface area contributed by atoms with Crippen molar-refractivity contribution in [3.8, 4) is 6.07 Å². The second-order valence-electron chi connectivity index (χ2n) is 5.59. The lowest BCUT2D eigenvalue weighted by atomic mass is 9.76. The number of ether oxygens (including phenoxy) is 1. The second kappa shape index (κ2) is 7.22. The van der Waals surface area contributed by atoms with Gasteiger partial charge in [-0.15, -0.1) is 0 Å². The molecule has 3 atom stereocenters. The molecule has 1 rings (SSSR count). The maximum atomic E-state index is 12.4. The number of nitrogens with two attached hydrogens (primary N) is 2. The standard InChI is InChI=1S/C14H22N4O4/c1-9(11(16)19)8-10(12(17)20)14(13(21)22-2)4-3-6-18(14)7-5-15/h9-10H,3-4,6-8H2,1-2H3,(H2,16,19)(H2,17,20). The van der Waals surface area contributed by atoms with Crippen molar-refractivity contribution >= 4 is 17.8 Å². The Bertz CT molecular complexity index is 502. The molecule has 8 heteroatoms. The highest BCUT2D eigenvalue weighted by Gasteiger charge is 2.56. The van der Waals surface area contributed by atoms with Crippen LogP contribution in [-0.4, -0.2) is 48.4 Å². The SMILES string of the molecule is COC(=O)C1(C(CC(C)C(N)=O)C(N)=O)CCCN1CC#N. The van der Waals surface area contributed by atoms with Gasteiger partial charge < -0.3 is 16.2 Å². The van der Waals surface area contributed by atoms with Crippen LogP contribution in [-0.2, 0) is 19.1 Å². The fraction of sp³-hybridized carbons (Fsp3) is 0.714. The summed E-state index contributed by atoms with van der Waals surface area (Å²) in [5.74, 6) is -3.46. The molecule has 4 N–H and O–H groups in total. The van der Waals surface area contributed by atoms with E-state index in [-0.39, 0.29) is 13.0 Å². The lowest BCUT2D eigenvalue weighted by Gasteiger charge is -2.40. The van der Waals surface area contributed by atoms with E-state index in [0.717, 1.165) is 0 Å². The fourth-order valence-corrected chi connectivity index (χ4v) is 3.16. The Morgan fingerprint density at radius 3 is 2.45 bits per heavy atom. The van der Waals surface area contributed by atoms with Gasteiger partial charge in [-0.3, -0.25) is 19.3 Å². The normalized spacial score (nSPS) is 24.2. The number of hydrogen-bond acceptors (Lipinski definition) is 6. The van der Waals surface area contributed by atoms with Crippen molar-refractivity contribution in [1.29, 1.82) is 5.26 Å². The molecule has 1 saturated heterocycles. The number of primary amides is 2. The van der Waals surface area contributed by atoms with Gasteiger partial charge >= 0.3 is 5.97 Å². The lowest BCUT2D eigenvalue weighted by Crippen LogP contribution is -2.60. The summed E-state index contributed by atoms with van der Waals surface area (Å²) in [6.45, 7) is 2.04. The van der Waals surface area contributed by atoms with Crippen LogP contribution in [0.15, 0.2) is 0 Å². The van der Waals surface area contributed by atoms with Gasteiger partial charge in [0.1, 0.15) is 5.54 Å². The van der Waals surface area contributed by atoms with Crippen LogP contribution < -0.4 is 11.5 Å². The first kappa shape index (κ1) is 17.9. The largest absolute Gasteiger partial charge is 0.468 e. The molecule has 22 heavy (non-hydrogen) atoms. The highest BCUT2D eigenvalue weighted by atomic mass is 16.5. The number of carbonyl (C=O) groups is 3. The van der Waals surface area contributed by atoms with Crippen molar-refractivity contribution in [2.24, 2.45) is 23.3 Å². The van der Waals surface area contributed by atoms with Gasteiger partial charge in [-0.1, -0.05) is 6.92 Å². The summed E-state index contributed by atoms with van der Waals surface area (Å²) in [7, 11) is 1.22. The van der Waals surface area contributed by atoms with Crippen molar-refractivity contribution in [3.05, 3.63) is 0 Å². The van der Waals surface area contributed by atoms with Gasteiger partial charge in [-0.05, 0) is 19.3 Å². The molecular weight excluding hydrogens is 288 g/mol. The van der Waals surface area contributed by atoms with Crippen LogP contribution >= 0.6 is 0 Å². The third-order valence-electron chi connectivity index (χ3n) is 4.35. The minimum absolute atomic E-state index is 0.0240. The van der Waals surface area contributed by atoms with E-state index in [1.165, 1.54) is 7.11 Å². The average Bonchev–Trinajstić information content (AvgIpc) is 2.88. The highest BCUT2D eigenvalue weighted by molar-refractivity contribution is 5.91. The summed E-state index contributed by atoms with van der Waals surface area (Å²) < 4.78 is 4.87. The van der Waals surface area contributed by atoms with Crippen LogP contribution in [0.4, 0.5) is 0 Å². The molecule has 1 aliphatic heterocycles. The van der Waals surface area contributed by atoms with Gasteiger partial charge in [0.2, 0.25) is 11.8 Å². The Hall–Kier alpha value is -2.14. The minimum atomic E-state index is -1.31. The van der Waals surface area contributed by atoms with E-state index >= 15 is 0 Å². The third-order valence-corrected chi connectivity index (χ3v) is 4.35. The maximum absolute atomic E-state index is 12.4. The monoisotopic (exact) mass is 310 g/mol. The van der Waals surface area contributed by atoms with Gasteiger partial charge in [0.25, 0.3) is 0 Å². The van der Waals surface area contributed by atoms with Crippen LogP contribution in [0.25, 0.3) is 0 Å². The van der Waals surface area contributed by atoms with Crippen LogP contribution in [0, 0.1) is 23.2 Å². The number of nitrogens with zero attached hydrogens (tertiary/aromatic N) is 2. The Morgan fingerprint density at radius 1 is 1.36 bits per heavy atom. The number of esters is 1. The number of rotatable bonds is 7. The zero-order valence-electron chi connectivity index (χ0n) is 12.9. The summed E-state index contributed by atoms with van der Waals surface area (Å²) in [6.07, 6.45) is 1.02. The Balaban J connectivity index is 3.27. The molecule has 2 amide bonds. The molecule has 1 fully saturated rings. The first-order chi connectivity index (χ1) is 10.3. The topological polar surface area (TPSA) is 140 Å². The highest BCUT2D eigenvalue weighted by Crippen LogP contribution is 2.40. The van der Waals surface area contributed by atoms with Crippen LogP contribution in [0.3, 0.4) is 0 Å². The number of methoxy groups -OCH3 is 1. The van der Waals surface area contributed by atoms with Crippen LogP contribution in [0.5, 0.6) is 0 Å². The van der Waals surface area contributed by atoms with Crippen molar-refractivity contribution in [3.63, 3.8) is 0 Å². The molecular formula is C14H22N4O4. The Kier molecular flexibility index (Phi) is 5.88. The average molecular weight is 310 g/mol. The van der Waals surface area contributed by atoms with Crippen molar-refractivity contribution in [1.82, 2.24) is 4.90 Å². The van der Waals surface area contributed by atoms with Crippen LogP contribution in [0.1, 0.15) is 26.2 Å². The van der Waals surface area contributed by atoms with Gasteiger partial charge in [0.05, 0.1) is 25.6 Å². The van der Waals surface area contributed by atoms with E-state index in [9.17, 15) is 14.4 Å². The molecule has 1 aliphatic rings. The molecule has 3 unspecified atom stereocenters. The molecule has 0 saturated carbocycles. The predicted molar refractivity (Wildman–Crippen MR) is 76.8 cm³/mol. The molecule has 8 nitrogen and oxygen atoms in total. The maximum Gasteiger partial charge on any atom is 0.327 e. The summed E-state index contributed by atoms with van der Waals surface area (Å²) in [4.78, 5) is 37.3. The zero-order valence-corrected chi connectivity index (χ0v) is 12.9. The molecule has 0 aromatic rings. The number of hydrogen-bond donors (Lipinski definition) is 2. The first-order valence-electron chi connectivity index (χ1n) is 7.10. The van der Waals surface area contributed by atoms with Gasteiger partial charge in [0, 0.05) is 12.5 Å². The molecule has 0 aromatic heterocycles. The smallest absolute Gasteiger partial charge is 0.327 e. The van der Waals surface area contributed by atoms with E-state index in [2.05, 4.69) is 0 Å². The third kappa shape index (κ3) is 3.20. The van der Waals surface area contributed by atoms with Crippen LogP contribution in [0.2, 0.25) is 0 Å². The van der Waals surface area contributed by atoms with Gasteiger partial charge in [-0.25, -0.2) is 0 Å². The Labute approximate surface area is 129 Å². The number of likely N-dealkylation sites (tertiary alicyclic amines) is 1. The quantitative estimate of drug-likeness (QED) is 0.463. The van der Waals surface area contributed by atoms with Gasteiger partial charge in [-0.2, -0.15) is 5.26 Å². The van der Waals surface area contributed by atoms with E-state index < -0.39 is 35.2 Å².